The fraction of sp³-hybridized carbons (Fsp3) is 0.960. The minimum absolute atomic E-state index is 0.0119. The molecular weight excluding hydrogens is 332 g/mol. The lowest BCUT2D eigenvalue weighted by Crippen LogP contribution is -2.29. The molecule has 2 heteroatoms. The second-order valence-electron chi connectivity index (χ2n) is 10.0. The predicted octanol–water partition coefficient (Wildman–Crippen LogP) is 7.30. The van der Waals surface area contributed by atoms with Gasteiger partial charge < -0.3 is 4.74 Å². The van der Waals surface area contributed by atoms with Crippen LogP contribution in [0.25, 0.3) is 0 Å². The van der Waals surface area contributed by atoms with E-state index in [0.717, 1.165) is 42.4 Å². The molecule has 0 aromatic heterocycles. The van der Waals surface area contributed by atoms with Crippen LogP contribution in [-0.2, 0) is 9.53 Å². The Balaban J connectivity index is 1.29. The van der Waals surface area contributed by atoms with Gasteiger partial charge in [-0.3, -0.25) is 4.79 Å². The van der Waals surface area contributed by atoms with Crippen LogP contribution in [0.15, 0.2) is 0 Å². The zero-order valence-electron chi connectivity index (χ0n) is 18.1. The van der Waals surface area contributed by atoms with Gasteiger partial charge in [-0.2, -0.15) is 0 Å². The Labute approximate surface area is 168 Å². The van der Waals surface area contributed by atoms with Gasteiger partial charge in [-0.05, 0) is 68.1 Å². The Morgan fingerprint density at radius 3 is 1.59 bits per heavy atom. The first-order valence-electron chi connectivity index (χ1n) is 12.4. The molecule has 0 aliphatic heterocycles. The van der Waals surface area contributed by atoms with Crippen LogP contribution in [0.3, 0.4) is 0 Å². The van der Waals surface area contributed by atoms with Gasteiger partial charge in [-0.25, -0.2) is 0 Å². The third-order valence-electron chi connectivity index (χ3n) is 8.39. The topological polar surface area (TPSA) is 26.3 Å². The highest BCUT2D eigenvalue weighted by Crippen LogP contribution is 2.42. The molecule has 0 spiro atoms. The molecule has 27 heavy (non-hydrogen) atoms. The van der Waals surface area contributed by atoms with Crippen molar-refractivity contribution in [3.63, 3.8) is 0 Å². The van der Waals surface area contributed by atoms with Crippen molar-refractivity contribution in [2.75, 3.05) is 0 Å². The third-order valence-corrected chi connectivity index (χ3v) is 8.39. The van der Waals surface area contributed by atoms with Crippen LogP contribution in [0, 0.1) is 29.6 Å². The van der Waals surface area contributed by atoms with Gasteiger partial charge in [0.2, 0.25) is 0 Å². The zero-order chi connectivity index (χ0) is 19.1. The van der Waals surface area contributed by atoms with Gasteiger partial charge in [0.05, 0.1) is 0 Å². The van der Waals surface area contributed by atoms with Crippen molar-refractivity contribution >= 4 is 5.97 Å². The number of hydrogen-bond acceptors (Lipinski definition) is 2. The molecule has 156 valence electrons. The van der Waals surface area contributed by atoms with Gasteiger partial charge in [-0.15, -0.1) is 0 Å². The molecule has 0 N–H and O–H groups in total. The van der Waals surface area contributed by atoms with Crippen molar-refractivity contribution in [2.45, 2.75) is 123 Å². The first-order chi connectivity index (χ1) is 13.2. The van der Waals surface area contributed by atoms with Gasteiger partial charge >= 0.3 is 5.97 Å². The van der Waals surface area contributed by atoms with Crippen LogP contribution in [-0.4, -0.2) is 12.1 Å². The van der Waals surface area contributed by atoms with Crippen molar-refractivity contribution in [3.8, 4) is 0 Å². The van der Waals surface area contributed by atoms with E-state index < -0.39 is 0 Å². The van der Waals surface area contributed by atoms with Crippen LogP contribution >= 0.6 is 0 Å². The van der Waals surface area contributed by atoms with E-state index >= 15 is 0 Å². The highest BCUT2D eigenvalue weighted by molar-refractivity contribution is 5.69. The second kappa shape index (κ2) is 10.9. The molecular formula is C25H44O2. The average molecular weight is 377 g/mol. The maximum Gasteiger partial charge on any atom is 0.305 e. The summed E-state index contributed by atoms with van der Waals surface area (Å²) in [6, 6.07) is 0. The van der Waals surface area contributed by atoms with E-state index in [1.54, 1.807) is 0 Å². The van der Waals surface area contributed by atoms with Crippen LogP contribution in [0.2, 0.25) is 0 Å². The molecule has 3 fully saturated rings. The summed E-state index contributed by atoms with van der Waals surface area (Å²) in [5, 5.41) is 0. The van der Waals surface area contributed by atoms with E-state index in [0.29, 0.717) is 6.42 Å². The molecule has 0 heterocycles. The Hall–Kier alpha value is -0.530. The lowest BCUT2D eigenvalue weighted by atomic mass is 9.69. The summed E-state index contributed by atoms with van der Waals surface area (Å²) in [5.41, 5.74) is 0. The fourth-order valence-corrected chi connectivity index (χ4v) is 6.30. The lowest BCUT2D eigenvalue weighted by molar-refractivity contribution is -0.150. The van der Waals surface area contributed by atoms with E-state index in [9.17, 15) is 4.79 Å². The normalized spacial score (nSPS) is 37.7. The van der Waals surface area contributed by atoms with Crippen molar-refractivity contribution in [3.05, 3.63) is 0 Å². The molecule has 0 aromatic rings. The molecule has 2 nitrogen and oxygen atoms in total. The number of carbonyl (C=O) groups is 1. The largest absolute Gasteiger partial charge is 0.462 e. The quantitative estimate of drug-likeness (QED) is 0.436. The molecule has 0 atom stereocenters. The van der Waals surface area contributed by atoms with Crippen LogP contribution in [0.1, 0.15) is 117 Å². The van der Waals surface area contributed by atoms with E-state index in [4.69, 9.17) is 4.74 Å². The summed E-state index contributed by atoms with van der Waals surface area (Å²) in [5.74, 6) is 4.97. The number of carbonyl (C=O) groups excluding carboxylic acids is 1. The Bertz CT molecular complexity index is 422. The number of hydrogen-bond donors (Lipinski definition) is 0. The summed E-state index contributed by atoms with van der Waals surface area (Å²) >= 11 is 0. The smallest absolute Gasteiger partial charge is 0.305 e. The van der Waals surface area contributed by atoms with Crippen LogP contribution in [0.4, 0.5) is 0 Å². The standard InChI is InChI=1S/C25H44O2/c1-3-19-5-7-20(8-6-19)9-10-21-11-13-22(14-12-21)23-15-17-24(18-16-23)27-25(26)4-2/h19-24H,3-18H2,1-2H3/t19-,20-,21?,22?,23?,24?. The van der Waals surface area contributed by atoms with Gasteiger partial charge in [0.1, 0.15) is 6.10 Å². The van der Waals surface area contributed by atoms with Crippen LogP contribution in [0.5, 0.6) is 0 Å². The van der Waals surface area contributed by atoms with Crippen molar-refractivity contribution in [2.24, 2.45) is 29.6 Å². The maximum atomic E-state index is 11.5. The summed E-state index contributed by atoms with van der Waals surface area (Å²) in [6.45, 7) is 4.26. The second-order valence-corrected chi connectivity index (χ2v) is 10.0. The van der Waals surface area contributed by atoms with Gasteiger partial charge in [-0.1, -0.05) is 71.6 Å². The lowest BCUT2D eigenvalue weighted by Gasteiger charge is -2.38. The van der Waals surface area contributed by atoms with E-state index in [-0.39, 0.29) is 12.1 Å². The first kappa shape index (κ1) is 21.2. The Morgan fingerprint density at radius 1 is 0.667 bits per heavy atom. The Morgan fingerprint density at radius 2 is 1.11 bits per heavy atom. The number of ether oxygens (including phenoxy) is 1. The molecule has 0 unspecified atom stereocenters. The van der Waals surface area contributed by atoms with Crippen molar-refractivity contribution in [1.29, 1.82) is 0 Å². The van der Waals surface area contributed by atoms with E-state index in [2.05, 4.69) is 6.92 Å². The number of rotatable bonds is 7. The highest BCUT2D eigenvalue weighted by atomic mass is 16.5. The molecule has 0 saturated heterocycles. The van der Waals surface area contributed by atoms with Crippen LogP contribution < -0.4 is 0 Å². The van der Waals surface area contributed by atoms with Gasteiger partial charge in [0.25, 0.3) is 0 Å². The molecule has 3 aliphatic rings. The molecule has 0 amide bonds. The zero-order valence-corrected chi connectivity index (χ0v) is 18.1. The van der Waals surface area contributed by atoms with E-state index in [1.165, 1.54) is 83.5 Å². The van der Waals surface area contributed by atoms with Crippen molar-refractivity contribution in [1.82, 2.24) is 0 Å². The Kier molecular flexibility index (Phi) is 8.52. The maximum absolute atomic E-state index is 11.5. The summed E-state index contributed by atoms with van der Waals surface area (Å²) in [4.78, 5) is 11.5. The van der Waals surface area contributed by atoms with Gasteiger partial charge in [0, 0.05) is 6.42 Å². The first-order valence-corrected chi connectivity index (χ1v) is 12.4. The predicted molar refractivity (Wildman–Crippen MR) is 113 cm³/mol. The molecule has 3 saturated carbocycles. The highest BCUT2D eigenvalue weighted by Gasteiger charge is 2.32. The SMILES string of the molecule is CCC(=O)OC1CCC(C2CCC(CC[C@H]3CC[C@H](CC)CC3)CC2)CC1. The molecule has 0 bridgehead atoms. The molecule has 3 rings (SSSR count). The molecule has 0 radical (unpaired) electrons. The minimum atomic E-state index is -0.0119. The average Bonchev–Trinajstić information content (AvgIpc) is 2.73. The number of esters is 1. The minimum Gasteiger partial charge on any atom is -0.462 e. The fourth-order valence-electron chi connectivity index (χ4n) is 6.30. The van der Waals surface area contributed by atoms with Gasteiger partial charge in [0.15, 0.2) is 0 Å². The molecule has 3 aliphatic carbocycles. The molecule has 0 aromatic carbocycles. The summed E-state index contributed by atoms with van der Waals surface area (Å²) in [7, 11) is 0. The monoisotopic (exact) mass is 376 g/mol. The summed E-state index contributed by atoms with van der Waals surface area (Å²) < 4.78 is 5.56. The third kappa shape index (κ3) is 6.50. The van der Waals surface area contributed by atoms with Crippen molar-refractivity contribution < 1.29 is 9.53 Å². The van der Waals surface area contributed by atoms with E-state index in [1.807, 2.05) is 6.92 Å². The summed E-state index contributed by atoms with van der Waals surface area (Å²) in [6.07, 6.45) is 21.9.